The zero-order valence-corrected chi connectivity index (χ0v) is 8.68. The predicted molar refractivity (Wildman–Crippen MR) is 56.7 cm³/mol. The van der Waals surface area contributed by atoms with Crippen molar-refractivity contribution in [2.24, 2.45) is 0 Å². The predicted octanol–water partition coefficient (Wildman–Crippen LogP) is 1.62. The first-order valence-electron chi connectivity index (χ1n) is 4.58. The van der Waals surface area contributed by atoms with Gasteiger partial charge in [-0.25, -0.2) is 0 Å². The van der Waals surface area contributed by atoms with E-state index in [-0.39, 0.29) is 0 Å². The van der Waals surface area contributed by atoms with Gasteiger partial charge in [0.2, 0.25) is 5.88 Å². The molecule has 0 spiro atoms. The van der Waals surface area contributed by atoms with Gasteiger partial charge < -0.3 is 9.57 Å². The number of imidazole rings is 1. The minimum Gasteiger partial charge on any atom is -0.480 e. The van der Waals surface area contributed by atoms with Crippen LogP contribution in [0.4, 0.5) is 0 Å². The van der Waals surface area contributed by atoms with E-state index >= 15 is 0 Å². The van der Waals surface area contributed by atoms with Crippen LogP contribution in [0, 0.1) is 0 Å². The number of benzene rings is 1. The number of aromatic nitrogens is 2. The molecule has 1 aromatic heterocycles. The van der Waals surface area contributed by atoms with Crippen LogP contribution in [-0.4, -0.2) is 23.9 Å². The van der Waals surface area contributed by atoms with Crippen LogP contribution >= 0.6 is 0 Å². The van der Waals surface area contributed by atoms with Crippen molar-refractivity contribution in [2.75, 3.05) is 14.2 Å². The summed E-state index contributed by atoms with van der Waals surface area (Å²) >= 11 is 0. The molecule has 0 radical (unpaired) electrons. The summed E-state index contributed by atoms with van der Waals surface area (Å²) in [7, 11) is 3.17. The number of hydrogen-bond donors (Lipinski definition) is 0. The van der Waals surface area contributed by atoms with Crippen molar-refractivity contribution < 1.29 is 9.57 Å². The summed E-state index contributed by atoms with van der Waals surface area (Å²) in [6, 6.07) is 9.81. The first kappa shape index (κ1) is 9.58. The highest BCUT2D eigenvalue weighted by Crippen LogP contribution is 2.20. The smallest absolute Gasteiger partial charge is 0.235 e. The zero-order valence-electron chi connectivity index (χ0n) is 8.68. The summed E-state index contributed by atoms with van der Waals surface area (Å²) in [6.07, 6.45) is 1.70. The minimum absolute atomic E-state index is 0.538. The molecular formula is C11H12N2O2. The molecular weight excluding hydrogens is 192 g/mol. The number of rotatable bonds is 3. The van der Waals surface area contributed by atoms with Crippen LogP contribution in [0.25, 0.3) is 11.4 Å². The second-order valence-electron chi connectivity index (χ2n) is 2.98. The third-order valence-electron chi connectivity index (χ3n) is 2.09. The number of hydrogen-bond acceptors (Lipinski definition) is 3. The topological polar surface area (TPSA) is 36.3 Å². The quantitative estimate of drug-likeness (QED) is 0.762. The molecule has 4 heteroatoms. The molecule has 15 heavy (non-hydrogen) atoms. The van der Waals surface area contributed by atoms with Crippen molar-refractivity contribution in [1.82, 2.24) is 9.71 Å². The number of ether oxygens (including phenoxy) is 1. The summed E-state index contributed by atoms with van der Waals surface area (Å²) in [6.45, 7) is 0. The SMILES string of the molecule is COc1cn(OC)c(-c2ccccc2)n1. The maximum absolute atomic E-state index is 5.16. The van der Waals surface area contributed by atoms with E-state index in [0.29, 0.717) is 5.88 Å². The molecule has 1 heterocycles. The van der Waals surface area contributed by atoms with Crippen molar-refractivity contribution in [1.29, 1.82) is 0 Å². The highest BCUT2D eigenvalue weighted by Gasteiger charge is 2.09. The van der Waals surface area contributed by atoms with Crippen molar-refractivity contribution in [3.05, 3.63) is 36.5 Å². The van der Waals surface area contributed by atoms with E-state index in [0.717, 1.165) is 11.4 Å². The maximum Gasteiger partial charge on any atom is 0.235 e. The molecule has 0 aliphatic rings. The van der Waals surface area contributed by atoms with Gasteiger partial charge in [-0.15, -0.1) is 0 Å². The first-order valence-corrected chi connectivity index (χ1v) is 4.58. The van der Waals surface area contributed by atoms with E-state index in [4.69, 9.17) is 9.57 Å². The van der Waals surface area contributed by atoms with Crippen LogP contribution in [0.15, 0.2) is 36.5 Å². The van der Waals surface area contributed by atoms with Gasteiger partial charge in [0.1, 0.15) is 13.3 Å². The van der Waals surface area contributed by atoms with Crippen molar-refractivity contribution >= 4 is 0 Å². The Hall–Kier alpha value is -1.97. The Balaban J connectivity index is 2.47. The molecule has 2 aromatic rings. The monoisotopic (exact) mass is 204 g/mol. The summed E-state index contributed by atoms with van der Waals surface area (Å²) < 4.78 is 6.62. The molecule has 0 unspecified atom stereocenters. The van der Waals surface area contributed by atoms with Gasteiger partial charge in [-0.2, -0.15) is 9.71 Å². The van der Waals surface area contributed by atoms with Crippen LogP contribution in [0.5, 0.6) is 5.88 Å². The summed E-state index contributed by atoms with van der Waals surface area (Å²) in [5.41, 5.74) is 0.989. The van der Waals surface area contributed by atoms with Crippen LogP contribution in [0.2, 0.25) is 0 Å². The first-order chi connectivity index (χ1) is 7.35. The fraction of sp³-hybridized carbons (Fsp3) is 0.182. The maximum atomic E-state index is 5.16. The van der Waals surface area contributed by atoms with Gasteiger partial charge in [0.05, 0.1) is 7.11 Å². The summed E-state index contributed by atoms with van der Waals surface area (Å²) in [4.78, 5) is 9.44. The van der Waals surface area contributed by atoms with Crippen molar-refractivity contribution in [3.8, 4) is 17.3 Å². The second kappa shape index (κ2) is 4.04. The van der Waals surface area contributed by atoms with E-state index in [1.165, 1.54) is 0 Å². The van der Waals surface area contributed by atoms with E-state index in [2.05, 4.69) is 4.98 Å². The van der Waals surface area contributed by atoms with Crippen LogP contribution < -0.4 is 9.57 Å². The second-order valence-corrected chi connectivity index (χ2v) is 2.98. The Morgan fingerprint density at radius 2 is 1.87 bits per heavy atom. The molecule has 0 fully saturated rings. The lowest BCUT2D eigenvalue weighted by Crippen LogP contribution is -2.05. The molecule has 0 saturated heterocycles. The van der Waals surface area contributed by atoms with Gasteiger partial charge in [-0.1, -0.05) is 30.3 Å². The molecule has 4 nitrogen and oxygen atoms in total. The van der Waals surface area contributed by atoms with Crippen LogP contribution in [0.3, 0.4) is 0 Å². The van der Waals surface area contributed by atoms with Gasteiger partial charge >= 0.3 is 0 Å². The standard InChI is InChI=1S/C11H12N2O2/c1-14-10-8-13(15-2)11(12-10)9-6-4-3-5-7-9/h3-8H,1-2H3. The molecule has 0 saturated carbocycles. The molecule has 0 amide bonds. The van der Waals surface area contributed by atoms with Gasteiger partial charge in [0.25, 0.3) is 0 Å². The lowest BCUT2D eigenvalue weighted by Gasteiger charge is -2.03. The lowest BCUT2D eigenvalue weighted by atomic mass is 10.2. The fourth-order valence-corrected chi connectivity index (χ4v) is 1.36. The minimum atomic E-state index is 0.538. The molecule has 0 N–H and O–H groups in total. The molecule has 0 aliphatic carbocycles. The third kappa shape index (κ3) is 1.79. The van der Waals surface area contributed by atoms with Gasteiger partial charge in [-0.3, -0.25) is 0 Å². The lowest BCUT2D eigenvalue weighted by molar-refractivity contribution is 0.170. The molecule has 1 aromatic carbocycles. The number of nitrogens with zero attached hydrogens (tertiary/aromatic N) is 2. The number of methoxy groups -OCH3 is 1. The van der Waals surface area contributed by atoms with Crippen LogP contribution in [0.1, 0.15) is 0 Å². The average Bonchev–Trinajstić information content (AvgIpc) is 2.73. The summed E-state index contributed by atoms with van der Waals surface area (Å²) in [5, 5.41) is 0. The zero-order chi connectivity index (χ0) is 10.7. The Kier molecular flexibility index (Phi) is 2.58. The van der Waals surface area contributed by atoms with Gasteiger partial charge in [-0.05, 0) is 0 Å². The van der Waals surface area contributed by atoms with Crippen LogP contribution in [-0.2, 0) is 0 Å². The molecule has 78 valence electrons. The Morgan fingerprint density at radius 1 is 1.13 bits per heavy atom. The average molecular weight is 204 g/mol. The molecule has 0 bridgehead atoms. The highest BCUT2D eigenvalue weighted by molar-refractivity contribution is 5.55. The third-order valence-corrected chi connectivity index (χ3v) is 2.09. The van der Waals surface area contributed by atoms with Gasteiger partial charge in [0.15, 0.2) is 5.82 Å². The van der Waals surface area contributed by atoms with Crippen molar-refractivity contribution in [3.63, 3.8) is 0 Å². The Morgan fingerprint density at radius 3 is 2.47 bits per heavy atom. The highest BCUT2D eigenvalue weighted by atomic mass is 16.6. The van der Waals surface area contributed by atoms with E-state index in [9.17, 15) is 0 Å². The van der Waals surface area contributed by atoms with E-state index in [1.807, 2.05) is 30.3 Å². The Labute approximate surface area is 88.0 Å². The largest absolute Gasteiger partial charge is 0.480 e. The van der Waals surface area contributed by atoms with Gasteiger partial charge in [0, 0.05) is 5.56 Å². The molecule has 0 aliphatic heterocycles. The fourth-order valence-electron chi connectivity index (χ4n) is 1.36. The van der Waals surface area contributed by atoms with Crippen molar-refractivity contribution in [2.45, 2.75) is 0 Å². The Bertz CT molecular complexity index is 437. The van der Waals surface area contributed by atoms with E-state index < -0.39 is 0 Å². The molecule has 2 rings (SSSR count). The normalized spacial score (nSPS) is 10.0. The summed E-state index contributed by atoms with van der Waals surface area (Å²) in [5.74, 6) is 1.27. The van der Waals surface area contributed by atoms with E-state index in [1.54, 1.807) is 25.1 Å². The molecule has 0 atom stereocenters.